The van der Waals surface area contributed by atoms with Gasteiger partial charge in [-0.05, 0) is 6.42 Å². The quantitative estimate of drug-likeness (QED) is 0.396. The fourth-order valence-electron chi connectivity index (χ4n) is 1.76. The first kappa shape index (κ1) is 7.06. The largest absolute Gasteiger partial charge is 0.354 e. The smallest absolute Gasteiger partial charge is 0.241 e. The summed E-state index contributed by atoms with van der Waals surface area (Å²) in [6.45, 7) is 3.45. The SMILES string of the molecule is O=C1NCCC12CNCCN2. The summed E-state index contributed by atoms with van der Waals surface area (Å²) in [5.74, 6) is 0.157. The van der Waals surface area contributed by atoms with Gasteiger partial charge in [0.15, 0.2) is 0 Å². The predicted octanol–water partition coefficient (Wildman–Crippen LogP) is -1.56. The first-order chi connectivity index (χ1) is 5.33. The van der Waals surface area contributed by atoms with Crippen molar-refractivity contribution in [3.8, 4) is 0 Å². The minimum Gasteiger partial charge on any atom is -0.354 e. The van der Waals surface area contributed by atoms with Gasteiger partial charge >= 0.3 is 0 Å². The van der Waals surface area contributed by atoms with Gasteiger partial charge in [-0.3, -0.25) is 4.79 Å². The van der Waals surface area contributed by atoms with Gasteiger partial charge in [0.25, 0.3) is 0 Å². The minimum absolute atomic E-state index is 0.157. The molecule has 0 radical (unpaired) electrons. The Morgan fingerprint density at radius 1 is 1.27 bits per heavy atom. The lowest BCUT2D eigenvalue weighted by molar-refractivity contribution is -0.125. The van der Waals surface area contributed by atoms with E-state index in [0.29, 0.717) is 0 Å². The molecule has 1 atom stereocenters. The van der Waals surface area contributed by atoms with E-state index < -0.39 is 0 Å². The minimum atomic E-state index is -0.280. The van der Waals surface area contributed by atoms with Gasteiger partial charge in [0.05, 0.1) is 0 Å². The zero-order valence-electron chi connectivity index (χ0n) is 6.44. The molecule has 2 fully saturated rings. The molecule has 11 heavy (non-hydrogen) atoms. The summed E-state index contributed by atoms with van der Waals surface area (Å²) in [7, 11) is 0. The molecule has 4 heteroatoms. The lowest BCUT2D eigenvalue weighted by Crippen LogP contribution is -2.62. The molecule has 0 aromatic carbocycles. The van der Waals surface area contributed by atoms with Crippen LogP contribution in [0.4, 0.5) is 0 Å². The number of amides is 1. The van der Waals surface area contributed by atoms with E-state index in [9.17, 15) is 4.79 Å². The highest BCUT2D eigenvalue weighted by molar-refractivity contribution is 5.88. The van der Waals surface area contributed by atoms with E-state index in [1.165, 1.54) is 0 Å². The molecule has 0 bridgehead atoms. The zero-order valence-corrected chi connectivity index (χ0v) is 6.44. The Labute approximate surface area is 65.7 Å². The summed E-state index contributed by atoms with van der Waals surface area (Å²) >= 11 is 0. The first-order valence-electron chi connectivity index (χ1n) is 4.08. The van der Waals surface area contributed by atoms with Gasteiger partial charge in [0, 0.05) is 26.2 Å². The maximum Gasteiger partial charge on any atom is 0.241 e. The maximum atomic E-state index is 11.3. The molecule has 2 aliphatic rings. The van der Waals surface area contributed by atoms with Gasteiger partial charge < -0.3 is 16.0 Å². The van der Waals surface area contributed by atoms with E-state index in [1.807, 2.05) is 0 Å². The summed E-state index contributed by atoms with van der Waals surface area (Å²) < 4.78 is 0. The van der Waals surface area contributed by atoms with Crippen molar-refractivity contribution in [1.29, 1.82) is 0 Å². The summed E-state index contributed by atoms with van der Waals surface area (Å²) in [5, 5.41) is 9.33. The maximum absolute atomic E-state index is 11.3. The molecule has 0 aromatic rings. The van der Waals surface area contributed by atoms with Crippen LogP contribution < -0.4 is 16.0 Å². The highest BCUT2D eigenvalue weighted by Crippen LogP contribution is 2.16. The van der Waals surface area contributed by atoms with Crippen molar-refractivity contribution in [1.82, 2.24) is 16.0 Å². The van der Waals surface area contributed by atoms with Gasteiger partial charge in [0.2, 0.25) is 5.91 Å². The van der Waals surface area contributed by atoms with Crippen molar-refractivity contribution in [2.75, 3.05) is 26.2 Å². The van der Waals surface area contributed by atoms with E-state index in [4.69, 9.17) is 0 Å². The Bertz CT molecular complexity index is 175. The standard InChI is InChI=1S/C7H13N3O/c11-6-7(1-2-9-6)5-8-3-4-10-7/h8,10H,1-5H2,(H,9,11). The molecule has 2 rings (SSSR count). The lowest BCUT2D eigenvalue weighted by atomic mass is 9.96. The fraction of sp³-hybridized carbons (Fsp3) is 0.857. The number of rotatable bonds is 0. The normalized spacial score (nSPS) is 37.6. The average Bonchev–Trinajstić information content (AvgIpc) is 2.36. The molecule has 2 heterocycles. The van der Waals surface area contributed by atoms with Crippen molar-refractivity contribution < 1.29 is 4.79 Å². The topological polar surface area (TPSA) is 53.2 Å². The fourth-order valence-corrected chi connectivity index (χ4v) is 1.76. The van der Waals surface area contributed by atoms with Crippen LogP contribution in [0, 0.1) is 0 Å². The highest BCUT2D eigenvalue weighted by Gasteiger charge is 2.42. The van der Waals surface area contributed by atoms with Crippen molar-refractivity contribution in [2.45, 2.75) is 12.0 Å². The van der Waals surface area contributed by atoms with Gasteiger partial charge in [0.1, 0.15) is 5.54 Å². The Hall–Kier alpha value is -0.610. The first-order valence-corrected chi connectivity index (χ1v) is 4.08. The summed E-state index contributed by atoms with van der Waals surface area (Å²) in [6, 6.07) is 0. The van der Waals surface area contributed by atoms with Crippen molar-refractivity contribution in [3.05, 3.63) is 0 Å². The second-order valence-corrected chi connectivity index (χ2v) is 3.19. The third-order valence-electron chi connectivity index (χ3n) is 2.46. The molecule has 3 N–H and O–H groups in total. The Morgan fingerprint density at radius 2 is 2.18 bits per heavy atom. The monoisotopic (exact) mass is 155 g/mol. The average molecular weight is 155 g/mol. The molecular formula is C7H13N3O. The van der Waals surface area contributed by atoms with Crippen LogP contribution in [0.3, 0.4) is 0 Å². The number of hydrogen-bond donors (Lipinski definition) is 3. The van der Waals surface area contributed by atoms with Crippen LogP contribution in [0.25, 0.3) is 0 Å². The van der Waals surface area contributed by atoms with E-state index in [-0.39, 0.29) is 11.4 Å². The second kappa shape index (κ2) is 2.46. The third kappa shape index (κ3) is 1.02. The number of carbonyl (C=O) groups excluding carboxylic acids is 1. The van der Waals surface area contributed by atoms with E-state index in [2.05, 4.69) is 16.0 Å². The summed E-state index contributed by atoms with van der Waals surface area (Å²) in [4.78, 5) is 11.3. The van der Waals surface area contributed by atoms with Crippen LogP contribution >= 0.6 is 0 Å². The molecule has 2 saturated heterocycles. The summed E-state index contributed by atoms with van der Waals surface area (Å²) in [5.41, 5.74) is -0.280. The van der Waals surface area contributed by atoms with Crippen LogP contribution in [0.2, 0.25) is 0 Å². The van der Waals surface area contributed by atoms with Crippen LogP contribution in [-0.4, -0.2) is 37.6 Å². The Balaban J connectivity index is 2.12. The molecule has 4 nitrogen and oxygen atoms in total. The lowest BCUT2D eigenvalue weighted by Gasteiger charge is -2.32. The van der Waals surface area contributed by atoms with E-state index in [0.717, 1.165) is 32.6 Å². The highest BCUT2D eigenvalue weighted by atomic mass is 16.2. The van der Waals surface area contributed by atoms with Crippen molar-refractivity contribution >= 4 is 5.91 Å². The van der Waals surface area contributed by atoms with Crippen LogP contribution in [0.1, 0.15) is 6.42 Å². The molecule has 0 aliphatic carbocycles. The molecular weight excluding hydrogens is 142 g/mol. The second-order valence-electron chi connectivity index (χ2n) is 3.19. The molecule has 0 aromatic heterocycles. The molecule has 1 unspecified atom stereocenters. The van der Waals surface area contributed by atoms with E-state index >= 15 is 0 Å². The van der Waals surface area contributed by atoms with Gasteiger partial charge in [-0.25, -0.2) is 0 Å². The molecule has 62 valence electrons. The molecule has 0 saturated carbocycles. The van der Waals surface area contributed by atoms with Crippen molar-refractivity contribution in [2.24, 2.45) is 0 Å². The molecule has 2 aliphatic heterocycles. The van der Waals surface area contributed by atoms with Crippen LogP contribution in [-0.2, 0) is 4.79 Å². The van der Waals surface area contributed by atoms with Crippen LogP contribution in [0.5, 0.6) is 0 Å². The van der Waals surface area contributed by atoms with E-state index in [1.54, 1.807) is 0 Å². The number of hydrogen-bond acceptors (Lipinski definition) is 3. The van der Waals surface area contributed by atoms with Gasteiger partial charge in [-0.15, -0.1) is 0 Å². The van der Waals surface area contributed by atoms with Crippen molar-refractivity contribution in [3.63, 3.8) is 0 Å². The molecule has 1 spiro atoms. The molecule has 1 amide bonds. The van der Waals surface area contributed by atoms with Gasteiger partial charge in [-0.2, -0.15) is 0 Å². The predicted molar refractivity (Wildman–Crippen MR) is 41.2 cm³/mol. The Morgan fingerprint density at radius 3 is 2.73 bits per heavy atom. The van der Waals surface area contributed by atoms with Gasteiger partial charge in [-0.1, -0.05) is 0 Å². The number of nitrogens with one attached hydrogen (secondary N) is 3. The third-order valence-corrected chi connectivity index (χ3v) is 2.46. The Kier molecular flexibility index (Phi) is 1.58. The van der Waals surface area contributed by atoms with Crippen LogP contribution in [0.15, 0.2) is 0 Å². The summed E-state index contributed by atoms with van der Waals surface area (Å²) in [6.07, 6.45) is 0.916. The number of carbonyl (C=O) groups is 1. The number of piperazine rings is 1. The zero-order chi connectivity index (χ0) is 7.73.